The molecule has 0 saturated heterocycles. The minimum Gasteiger partial charge on any atom is -0.389 e. The lowest BCUT2D eigenvalue weighted by molar-refractivity contribution is 1.48. The van der Waals surface area contributed by atoms with Crippen LogP contribution in [0.4, 0.5) is 5.69 Å². The number of benzene rings is 1. The predicted molar refractivity (Wildman–Crippen MR) is 68.2 cm³/mol. The first kappa shape index (κ1) is 11.7. The van der Waals surface area contributed by atoms with Crippen molar-refractivity contribution < 1.29 is 0 Å². The topological polar surface area (TPSA) is 61.8 Å². The fourth-order valence-corrected chi connectivity index (χ4v) is 1.23. The summed E-state index contributed by atoms with van der Waals surface area (Å²) >= 11 is 8.02. The lowest BCUT2D eigenvalue weighted by atomic mass is 10.3. The molecule has 3 N–H and O–H groups in total. The maximum absolute atomic E-state index is 8.69. The van der Waals surface area contributed by atoms with Crippen molar-refractivity contribution in [1.29, 1.82) is 5.26 Å². The summed E-state index contributed by atoms with van der Waals surface area (Å²) in [4.78, 5) is 0.0853. The molecule has 1 aromatic rings. The van der Waals surface area contributed by atoms with E-state index >= 15 is 0 Å². The number of nitriles is 1. The van der Waals surface area contributed by atoms with Crippen molar-refractivity contribution in [1.82, 2.24) is 0 Å². The van der Waals surface area contributed by atoms with Gasteiger partial charge in [0.25, 0.3) is 0 Å². The molecule has 76 valence electrons. The molecule has 0 aliphatic heterocycles. The molecule has 0 saturated carbocycles. The van der Waals surface area contributed by atoms with Crippen LogP contribution in [0, 0.1) is 11.3 Å². The number of anilines is 1. The Morgan fingerprint density at radius 2 is 2.07 bits per heavy atom. The lowest BCUT2D eigenvalue weighted by Crippen LogP contribution is -2.11. The van der Waals surface area contributed by atoms with Crippen LogP contribution >= 0.6 is 28.1 Å². The van der Waals surface area contributed by atoms with Crippen molar-refractivity contribution in [2.45, 2.75) is 0 Å². The Morgan fingerprint density at radius 1 is 1.47 bits per heavy atom. The highest BCUT2D eigenvalue weighted by Gasteiger charge is 1.97. The largest absolute Gasteiger partial charge is 0.389 e. The summed E-state index contributed by atoms with van der Waals surface area (Å²) in [5.74, 6) is 0. The number of halogens is 1. The van der Waals surface area contributed by atoms with Crippen LogP contribution in [0.1, 0.15) is 0 Å². The number of rotatable bonds is 3. The number of thiocarbonyl (C=S) groups is 1. The zero-order chi connectivity index (χ0) is 11.3. The maximum Gasteiger partial charge on any atom is 0.116 e. The van der Waals surface area contributed by atoms with E-state index in [0.717, 1.165) is 10.2 Å². The highest BCUT2D eigenvalue weighted by molar-refractivity contribution is 9.10. The number of nitrogens with two attached hydrogens (primary N) is 1. The number of nitrogens with zero attached hydrogens (tertiary/aromatic N) is 1. The second-order valence-corrected chi connectivity index (χ2v) is 4.04. The predicted octanol–water partition coefficient (Wildman–Crippen LogP) is 2.55. The van der Waals surface area contributed by atoms with E-state index in [1.807, 2.05) is 30.3 Å². The summed E-state index contributed by atoms with van der Waals surface area (Å²) in [6.07, 6.45) is 1.49. The maximum atomic E-state index is 8.69. The summed E-state index contributed by atoms with van der Waals surface area (Å²) in [7, 11) is 0. The number of hydrogen-bond acceptors (Lipinski definition) is 3. The molecule has 1 aromatic carbocycles. The van der Waals surface area contributed by atoms with Crippen LogP contribution in [-0.4, -0.2) is 4.99 Å². The third kappa shape index (κ3) is 3.70. The van der Waals surface area contributed by atoms with Gasteiger partial charge in [-0.1, -0.05) is 28.1 Å². The summed E-state index contributed by atoms with van der Waals surface area (Å²) in [6, 6.07) is 9.43. The van der Waals surface area contributed by atoms with E-state index in [-0.39, 0.29) is 10.6 Å². The van der Waals surface area contributed by atoms with Crippen molar-refractivity contribution >= 4 is 38.8 Å². The summed E-state index contributed by atoms with van der Waals surface area (Å²) in [5, 5.41) is 11.6. The van der Waals surface area contributed by atoms with Gasteiger partial charge in [0, 0.05) is 16.4 Å². The fourth-order valence-electron chi connectivity index (χ4n) is 0.860. The standard InChI is InChI=1S/C10H8BrN3S/c11-8-1-3-9(4-2-8)14-6-7(5-12)10(13)15/h1-4,6,14H,(H2,13,15)/b7-6-. The smallest absolute Gasteiger partial charge is 0.116 e. The van der Waals surface area contributed by atoms with Crippen LogP contribution in [0.15, 0.2) is 40.5 Å². The van der Waals surface area contributed by atoms with Gasteiger partial charge in [-0.2, -0.15) is 5.26 Å². The SMILES string of the molecule is N#C/C(=C/Nc1ccc(Br)cc1)C(N)=S. The van der Waals surface area contributed by atoms with Crippen molar-refractivity contribution in [3.05, 3.63) is 40.5 Å². The van der Waals surface area contributed by atoms with Gasteiger partial charge in [0.05, 0.1) is 0 Å². The van der Waals surface area contributed by atoms with Crippen LogP contribution < -0.4 is 11.1 Å². The van der Waals surface area contributed by atoms with E-state index < -0.39 is 0 Å². The van der Waals surface area contributed by atoms with Crippen molar-refractivity contribution in [2.75, 3.05) is 5.32 Å². The quantitative estimate of drug-likeness (QED) is 0.508. The minimum atomic E-state index is 0.0853. The van der Waals surface area contributed by atoms with Crippen molar-refractivity contribution in [3.8, 4) is 6.07 Å². The van der Waals surface area contributed by atoms with Crippen LogP contribution in [0.3, 0.4) is 0 Å². The molecular weight excluding hydrogens is 274 g/mol. The van der Waals surface area contributed by atoms with E-state index in [2.05, 4.69) is 21.2 Å². The van der Waals surface area contributed by atoms with Gasteiger partial charge in [-0.25, -0.2) is 0 Å². The molecule has 0 unspecified atom stereocenters. The Hall–Kier alpha value is -1.38. The van der Waals surface area contributed by atoms with Crippen LogP contribution in [0.2, 0.25) is 0 Å². The van der Waals surface area contributed by atoms with Gasteiger partial charge in [0.1, 0.15) is 16.6 Å². The first-order valence-corrected chi connectivity index (χ1v) is 5.26. The van der Waals surface area contributed by atoms with Gasteiger partial charge in [-0.05, 0) is 24.3 Å². The van der Waals surface area contributed by atoms with E-state index in [1.54, 1.807) is 0 Å². The average molecular weight is 282 g/mol. The zero-order valence-corrected chi connectivity index (χ0v) is 10.1. The summed E-state index contributed by atoms with van der Waals surface area (Å²) in [5.41, 5.74) is 6.45. The van der Waals surface area contributed by atoms with Gasteiger partial charge < -0.3 is 11.1 Å². The van der Waals surface area contributed by atoms with Crippen LogP contribution in [-0.2, 0) is 0 Å². The minimum absolute atomic E-state index is 0.0853. The monoisotopic (exact) mass is 281 g/mol. The van der Waals surface area contributed by atoms with Crippen molar-refractivity contribution in [2.24, 2.45) is 5.73 Å². The molecule has 5 heteroatoms. The lowest BCUT2D eigenvalue weighted by Gasteiger charge is -2.01. The molecule has 0 amide bonds. The van der Waals surface area contributed by atoms with Crippen LogP contribution in [0.5, 0.6) is 0 Å². The third-order valence-corrected chi connectivity index (χ3v) is 2.36. The fraction of sp³-hybridized carbons (Fsp3) is 0. The van der Waals surface area contributed by atoms with Gasteiger partial charge in [-0.3, -0.25) is 0 Å². The van der Waals surface area contributed by atoms with E-state index in [0.29, 0.717) is 0 Å². The van der Waals surface area contributed by atoms with E-state index in [4.69, 9.17) is 23.2 Å². The van der Waals surface area contributed by atoms with Gasteiger partial charge in [-0.15, -0.1) is 0 Å². The third-order valence-electron chi connectivity index (χ3n) is 1.61. The van der Waals surface area contributed by atoms with Gasteiger partial charge in [0.15, 0.2) is 0 Å². The second-order valence-electron chi connectivity index (χ2n) is 2.69. The molecular formula is C10H8BrN3S. The Balaban J connectivity index is 2.76. The first-order chi connectivity index (χ1) is 7.13. The summed E-state index contributed by atoms with van der Waals surface area (Å²) < 4.78 is 0.992. The molecule has 0 fully saturated rings. The second kappa shape index (κ2) is 5.49. The highest BCUT2D eigenvalue weighted by Crippen LogP contribution is 2.14. The molecule has 3 nitrogen and oxygen atoms in total. The van der Waals surface area contributed by atoms with Crippen LogP contribution in [0.25, 0.3) is 0 Å². The Kier molecular flexibility index (Phi) is 4.28. The molecule has 0 aliphatic carbocycles. The van der Waals surface area contributed by atoms with E-state index in [1.165, 1.54) is 6.20 Å². The van der Waals surface area contributed by atoms with Gasteiger partial charge >= 0.3 is 0 Å². The normalized spacial score (nSPS) is 10.5. The molecule has 0 atom stereocenters. The summed E-state index contributed by atoms with van der Waals surface area (Å²) in [6.45, 7) is 0. The molecule has 0 aliphatic rings. The van der Waals surface area contributed by atoms with E-state index in [9.17, 15) is 0 Å². The Labute approximate surface area is 102 Å². The molecule has 15 heavy (non-hydrogen) atoms. The molecule has 0 radical (unpaired) electrons. The Bertz CT molecular complexity index is 431. The molecule has 1 rings (SSSR count). The first-order valence-electron chi connectivity index (χ1n) is 4.05. The molecule has 0 aromatic heterocycles. The molecule has 0 spiro atoms. The number of nitrogens with one attached hydrogen (secondary N) is 1. The Morgan fingerprint density at radius 3 is 2.53 bits per heavy atom. The zero-order valence-electron chi connectivity index (χ0n) is 7.70. The highest BCUT2D eigenvalue weighted by atomic mass is 79.9. The average Bonchev–Trinajstić information content (AvgIpc) is 2.21. The number of hydrogen-bond donors (Lipinski definition) is 2. The molecule has 0 bridgehead atoms. The van der Waals surface area contributed by atoms with Gasteiger partial charge in [0.2, 0.25) is 0 Å². The molecule has 0 heterocycles. The van der Waals surface area contributed by atoms with Crippen molar-refractivity contribution in [3.63, 3.8) is 0 Å².